The van der Waals surface area contributed by atoms with Crippen LogP contribution < -0.4 is 0 Å². The van der Waals surface area contributed by atoms with Crippen molar-refractivity contribution in [3.63, 3.8) is 0 Å². The molecule has 1 aromatic rings. The summed E-state index contributed by atoms with van der Waals surface area (Å²) in [4.78, 5) is 0. The maximum atomic E-state index is 8.74. The van der Waals surface area contributed by atoms with Gasteiger partial charge in [-0.25, -0.2) is 0 Å². The van der Waals surface area contributed by atoms with Crippen molar-refractivity contribution in [3.05, 3.63) is 42.5 Å². The minimum absolute atomic E-state index is 0. The SMILES string of the molecule is C=Cc1ccccc1.O=S(=O)(O)O.[H-].[H-].[Mg+2]. The Labute approximate surface area is 102 Å². The molecule has 0 saturated heterocycles. The average molecular weight is 229 g/mol. The topological polar surface area (TPSA) is 74.6 Å². The smallest absolute Gasteiger partial charge is 1.00 e. The van der Waals surface area contributed by atoms with Crippen LogP contribution in [0.25, 0.3) is 6.08 Å². The summed E-state index contributed by atoms with van der Waals surface area (Å²) in [5.74, 6) is 0. The van der Waals surface area contributed by atoms with Gasteiger partial charge in [0.25, 0.3) is 0 Å². The molecule has 76 valence electrons. The van der Waals surface area contributed by atoms with E-state index in [1.54, 1.807) is 0 Å². The first-order chi connectivity index (χ1) is 5.93. The van der Waals surface area contributed by atoms with Gasteiger partial charge in [-0.15, -0.1) is 0 Å². The Bertz CT molecular complexity index is 348. The van der Waals surface area contributed by atoms with Crippen molar-refractivity contribution in [1.82, 2.24) is 0 Å². The van der Waals surface area contributed by atoms with Crippen LogP contribution in [0.15, 0.2) is 36.9 Å². The summed E-state index contributed by atoms with van der Waals surface area (Å²) in [5, 5.41) is 0. The molecule has 6 heteroatoms. The Morgan fingerprint density at radius 1 is 1.21 bits per heavy atom. The Morgan fingerprint density at radius 2 is 1.57 bits per heavy atom. The molecule has 0 aliphatic heterocycles. The Kier molecular flexibility index (Phi) is 9.11. The van der Waals surface area contributed by atoms with Crippen LogP contribution >= 0.6 is 0 Å². The fraction of sp³-hybridized carbons (Fsp3) is 0. The van der Waals surface area contributed by atoms with Gasteiger partial charge in [0.2, 0.25) is 0 Å². The van der Waals surface area contributed by atoms with Gasteiger partial charge in [-0.1, -0.05) is 43.0 Å². The Hall–Kier alpha value is -0.404. The van der Waals surface area contributed by atoms with Crippen molar-refractivity contribution in [3.8, 4) is 0 Å². The van der Waals surface area contributed by atoms with E-state index in [1.165, 1.54) is 5.56 Å². The van der Waals surface area contributed by atoms with Crippen molar-refractivity contribution in [2.45, 2.75) is 0 Å². The van der Waals surface area contributed by atoms with E-state index in [4.69, 9.17) is 17.5 Å². The fourth-order valence-corrected chi connectivity index (χ4v) is 0.589. The molecule has 0 fully saturated rings. The standard InChI is InChI=1S/C8H8.Mg.H2O4S.2H/c1-2-8-6-4-3-5-7-8;;1-5(2,3)4;;/h2-7H,1H2;;(H2,1,2,3,4);;/q;+2;;2*-1. The molecule has 4 nitrogen and oxygen atoms in total. The van der Waals surface area contributed by atoms with Crippen LogP contribution in [-0.2, 0) is 10.4 Å². The zero-order valence-electron chi connectivity index (χ0n) is 9.50. The van der Waals surface area contributed by atoms with Gasteiger partial charge in [0, 0.05) is 0 Å². The van der Waals surface area contributed by atoms with Crippen LogP contribution in [0.5, 0.6) is 0 Å². The number of hydrogen-bond acceptors (Lipinski definition) is 2. The van der Waals surface area contributed by atoms with Crippen molar-refractivity contribution in [2.75, 3.05) is 0 Å². The molecule has 0 aliphatic carbocycles. The molecular weight excluding hydrogens is 216 g/mol. The van der Waals surface area contributed by atoms with E-state index in [0.717, 1.165) is 0 Å². The van der Waals surface area contributed by atoms with E-state index in [-0.39, 0.29) is 25.9 Å². The van der Waals surface area contributed by atoms with Crippen molar-refractivity contribution < 1.29 is 20.4 Å². The zero-order valence-corrected chi connectivity index (χ0v) is 9.73. The molecule has 0 atom stereocenters. The molecule has 0 bridgehead atoms. The fourth-order valence-electron chi connectivity index (χ4n) is 0.589. The molecule has 0 aliphatic rings. The third-order valence-electron chi connectivity index (χ3n) is 1.04. The van der Waals surface area contributed by atoms with Gasteiger partial charge >= 0.3 is 33.5 Å². The second kappa shape index (κ2) is 7.95. The minimum Gasteiger partial charge on any atom is -1.00 e. The van der Waals surface area contributed by atoms with Crippen LogP contribution in [0.1, 0.15) is 8.42 Å². The van der Waals surface area contributed by atoms with E-state index in [9.17, 15) is 0 Å². The molecule has 1 aromatic carbocycles. The van der Waals surface area contributed by atoms with E-state index in [0.29, 0.717) is 0 Å². The van der Waals surface area contributed by atoms with Gasteiger partial charge in [-0.3, -0.25) is 9.11 Å². The first-order valence-corrected chi connectivity index (χ1v) is 4.70. The van der Waals surface area contributed by atoms with Crippen LogP contribution in [0.3, 0.4) is 0 Å². The molecule has 0 heterocycles. The van der Waals surface area contributed by atoms with Gasteiger partial charge in [0.15, 0.2) is 0 Å². The van der Waals surface area contributed by atoms with E-state index < -0.39 is 10.4 Å². The maximum absolute atomic E-state index is 8.74. The molecule has 14 heavy (non-hydrogen) atoms. The molecule has 0 radical (unpaired) electrons. The number of hydrogen-bond donors (Lipinski definition) is 2. The molecule has 2 N–H and O–H groups in total. The summed E-state index contributed by atoms with van der Waals surface area (Å²) in [7, 11) is -4.67. The summed E-state index contributed by atoms with van der Waals surface area (Å²) >= 11 is 0. The summed E-state index contributed by atoms with van der Waals surface area (Å²) in [5.41, 5.74) is 1.17. The molecule has 0 spiro atoms. The van der Waals surface area contributed by atoms with Gasteiger partial charge in [0.1, 0.15) is 0 Å². The van der Waals surface area contributed by atoms with Crippen molar-refractivity contribution >= 4 is 39.5 Å². The first-order valence-electron chi connectivity index (χ1n) is 3.31. The summed E-state index contributed by atoms with van der Waals surface area (Å²) in [6.45, 7) is 3.63. The maximum Gasteiger partial charge on any atom is 2.00 e. The largest absolute Gasteiger partial charge is 2.00 e. The monoisotopic (exact) mass is 228 g/mol. The van der Waals surface area contributed by atoms with Gasteiger partial charge < -0.3 is 2.85 Å². The second-order valence-electron chi connectivity index (χ2n) is 2.06. The van der Waals surface area contributed by atoms with Crippen LogP contribution in [-0.4, -0.2) is 40.6 Å². The van der Waals surface area contributed by atoms with Gasteiger partial charge in [-0.2, -0.15) is 8.42 Å². The summed E-state index contributed by atoms with van der Waals surface area (Å²) in [6.07, 6.45) is 1.83. The first kappa shape index (κ1) is 16.0. The predicted octanol–water partition coefficient (Wildman–Crippen LogP) is 1.52. The average Bonchev–Trinajstić information content (AvgIpc) is 2.03. The molecule has 0 saturated carbocycles. The molecule has 0 unspecified atom stereocenters. The molecular formula is C8H12MgO4S. The van der Waals surface area contributed by atoms with Crippen LogP contribution in [0.2, 0.25) is 0 Å². The third-order valence-corrected chi connectivity index (χ3v) is 1.04. The number of benzene rings is 1. The van der Waals surface area contributed by atoms with E-state index in [1.807, 2.05) is 36.4 Å². The molecule has 1 rings (SSSR count). The Morgan fingerprint density at radius 3 is 1.79 bits per heavy atom. The summed E-state index contributed by atoms with van der Waals surface area (Å²) in [6, 6.07) is 10.0. The van der Waals surface area contributed by atoms with E-state index in [2.05, 4.69) is 6.58 Å². The second-order valence-corrected chi connectivity index (χ2v) is 2.96. The van der Waals surface area contributed by atoms with Gasteiger partial charge in [-0.05, 0) is 5.56 Å². The number of rotatable bonds is 1. The van der Waals surface area contributed by atoms with Crippen LogP contribution in [0, 0.1) is 0 Å². The van der Waals surface area contributed by atoms with Crippen molar-refractivity contribution in [2.24, 2.45) is 0 Å². The zero-order chi connectivity index (χ0) is 10.3. The predicted molar refractivity (Wildman–Crippen MR) is 58.7 cm³/mol. The Balaban J connectivity index is -0.0000000818. The molecule has 0 aromatic heterocycles. The van der Waals surface area contributed by atoms with Crippen molar-refractivity contribution in [1.29, 1.82) is 0 Å². The molecule has 0 amide bonds. The normalized spacial score (nSPS) is 9.00. The third kappa shape index (κ3) is 14.1. The quantitative estimate of drug-likeness (QED) is 0.565. The minimum atomic E-state index is -4.67. The van der Waals surface area contributed by atoms with E-state index >= 15 is 0 Å². The summed E-state index contributed by atoms with van der Waals surface area (Å²) < 4.78 is 31.6. The van der Waals surface area contributed by atoms with Gasteiger partial charge in [0.05, 0.1) is 0 Å². The van der Waals surface area contributed by atoms with Crippen LogP contribution in [0.4, 0.5) is 0 Å².